The Morgan fingerprint density at radius 1 is 0.914 bits per heavy atom. The number of para-hydroxylation sites is 1. The van der Waals surface area contributed by atoms with Crippen molar-refractivity contribution < 1.29 is 4.42 Å². The van der Waals surface area contributed by atoms with E-state index in [1.165, 1.54) is 50.1 Å². The van der Waals surface area contributed by atoms with E-state index in [0.29, 0.717) is 6.04 Å². The number of hydrogen-bond donors (Lipinski definition) is 0. The molecular formula is C31H29N3O. The van der Waals surface area contributed by atoms with Crippen LogP contribution in [0.5, 0.6) is 0 Å². The van der Waals surface area contributed by atoms with Gasteiger partial charge >= 0.3 is 0 Å². The molecule has 0 unspecified atom stereocenters. The number of pyridine rings is 1. The number of rotatable bonds is 2. The lowest BCUT2D eigenvalue weighted by molar-refractivity contribution is 0.602. The van der Waals surface area contributed by atoms with Crippen LogP contribution in [0.1, 0.15) is 43.3 Å². The van der Waals surface area contributed by atoms with Crippen LogP contribution >= 0.6 is 0 Å². The smallest absolute Gasteiger partial charge is 0.159 e. The van der Waals surface area contributed by atoms with Crippen molar-refractivity contribution in [1.29, 1.82) is 0 Å². The topological polar surface area (TPSA) is 32.5 Å². The van der Waals surface area contributed by atoms with Gasteiger partial charge in [-0.3, -0.25) is 4.98 Å². The molecule has 0 fully saturated rings. The van der Waals surface area contributed by atoms with Crippen LogP contribution in [0.25, 0.3) is 33.1 Å². The summed E-state index contributed by atoms with van der Waals surface area (Å²) >= 11 is 0. The molecule has 1 aliphatic heterocycles. The summed E-state index contributed by atoms with van der Waals surface area (Å²) in [6.07, 6.45) is 1.07. The number of aryl methyl sites for hydroxylation is 2. The highest BCUT2D eigenvalue weighted by molar-refractivity contribution is 6.11. The van der Waals surface area contributed by atoms with Crippen molar-refractivity contribution in [3.8, 4) is 11.1 Å². The number of benzene rings is 3. The van der Waals surface area contributed by atoms with Crippen LogP contribution in [-0.4, -0.2) is 17.2 Å². The predicted molar refractivity (Wildman–Crippen MR) is 145 cm³/mol. The summed E-state index contributed by atoms with van der Waals surface area (Å²) in [6.45, 7) is 11.1. The molecule has 0 N–H and O–H groups in total. The van der Waals surface area contributed by atoms with E-state index in [1.54, 1.807) is 0 Å². The fourth-order valence-electron chi connectivity index (χ4n) is 6.30. The number of fused-ring (bicyclic) bond motifs is 7. The minimum absolute atomic E-state index is 0.167. The number of hydrogen-bond acceptors (Lipinski definition) is 4. The molecule has 4 nitrogen and oxygen atoms in total. The van der Waals surface area contributed by atoms with Crippen LogP contribution in [0, 0.1) is 13.8 Å². The van der Waals surface area contributed by atoms with Gasteiger partial charge in [0.15, 0.2) is 5.58 Å². The van der Waals surface area contributed by atoms with E-state index >= 15 is 0 Å². The van der Waals surface area contributed by atoms with Crippen LogP contribution in [0.4, 0.5) is 17.1 Å². The van der Waals surface area contributed by atoms with Gasteiger partial charge in [-0.1, -0.05) is 36.4 Å². The van der Waals surface area contributed by atoms with Crippen LogP contribution in [-0.2, 0) is 6.42 Å². The van der Waals surface area contributed by atoms with E-state index in [4.69, 9.17) is 9.40 Å². The second kappa shape index (κ2) is 7.11. The minimum atomic E-state index is 0.167. The average molecular weight is 460 g/mol. The van der Waals surface area contributed by atoms with Gasteiger partial charge < -0.3 is 14.2 Å². The van der Waals surface area contributed by atoms with E-state index in [0.717, 1.165) is 29.0 Å². The first kappa shape index (κ1) is 20.6. The third-order valence-electron chi connectivity index (χ3n) is 7.80. The molecule has 3 heterocycles. The Balaban J connectivity index is 1.50. The van der Waals surface area contributed by atoms with Crippen molar-refractivity contribution in [3.05, 3.63) is 83.2 Å². The summed E-state index contributed by atoms with van der Waals surface area (Å²) in [5.41, 5.74) is 13.0. The summed E-state index contributed by atoms with van der Waals surface area (Å²) in [5, 5.41) is 2.34. The van der Waals surface area contributed by atoms with Gasteiger partial charge in [0.1, 0.15) is 11.7 Å². The molecule has 0 spiro atoms. The molecule has 174 valence electrons. The zero-order valence-corrected chi connectivity index (χ0v) is 20.9. The van der Waals surface area contributed by atoms with Crippen molar-refractivity contribution >= 4 is 39.0 Å². The van der Waals surface area contributed by atoms with Gasteiger partial charge in [0.05, 0.1) is 22.8 Å². The molecule has 2 aromatic heterocycles. The van der Waals surface area contributed by atoms with Crippen molar-refractivity contribution in [2.45, 2.75) is 53.2 Å². The van der Waals surface area contributed by atoms with Gasteiger partial charge in [-0.15, -0.1) is 0 Å². The molecule has 0 bridgehead atoms. The molecule has 0 radical (unpaired) electrons. The monoisotopic (exact) mass is 459 g/mol. The molecule has 3 aromatic carbocycles. The summed E-state index contributed by atoms with van der Waals surface area (Å²) in [6, 6.07) is 22.3. The largest absolute Gasteiger partial charge is 0.454 e. The Kier molecular flexibility index (Phi) is 4.18. The van der Waals surface area contributed by atoms with Gasteiger partial charge in [0, 0.05) is 34.5 Å². The Hall–Kier alpha value is -3.79. The highest BCUT2D eigenvalue weighted by Gasteiger charge is 2.39. The molecule has 0 saturated carbocycles. The standard InChI is InChI=1S/C31H29N3O/c1-17(2)33-20(5)34(30-18(3)10-12-24-23-8-6-7-9-29(23)35-31(24)30)28-16-25-21(15-27(28)33)14-26-22(25)13-11-19(4)32-26/h6-13,15-17,20H,14H2,1-5H3/t20-/m0/s1. The second-order valence-corrected chi connectivity index (χ2v) is 10.3. The second-order valence-electron chi connectivity index (χ2n) is 10.3. The number of nitrogens with zero attached hydrogens (tertiary/aromatic N) is 3. The molecule has 7 rings (SSSR count). The normalized spacial score (nSPS) is 16.5. The molecule has 1 atom stereocenters. The number of furan rings is 1. The van der Waals surface area contributed by atoms with E-state index < -0.39 is 0 Å². The van der Waals surface area contributed by atoms with Crippen LogP contribution in [0.3, 0.4) is 0 Å². The zero-order valence-electron chi connectivity index (χ0n) is 20.9. The zero-order chi connectivity index (χ0) is 24.0. The van der Waals surface area contributed by atoms with E-state index in [9.17, 15) is 0 Å². The Morgan fingerprint density at radius 3 is 2.57 bits per heavy atom. The van der Waals surface area contributed by atoms with Gasteiger partial charge in [-0.2, -0.15) is 0 Å². The highest BCUT2D eigenvalue weighted by atomic mass is 16.3. The van der Waals surface area contributed by atoms with Crippen molar-refractivity contribution in [2.24, 2.45) is 0 Å². The lowest BCUT2D eigenvalue weighted by Gasteiger charge is -2.33. The molecule has 5 aromatic rings. The van der Waals surface area contributed by atoms with Gasteiger partial charge in [0.25, 0.3) is 0 Å². The van der Waals surface area contributed by atoms with Crippen molar-refractivity contribution in [1.82, 2.24) is 4.98 Å². The lowest BCUT2D eigenvalue weighted by atomic mass is 10.0. The SMILES string of the molecule is Cc1ccc2c(n1)Cc1cc3c(cc1-2)N(c1c(C)ccc2c1oc1ccccc12)[C@@H](C)N3C(C)C. The van der Waals surface area contributed by atoms with Crippen LogP contribution in [0.15, 0.2) is 65.1 Å². The van der Waals surface area contributed by atoms with Crippen LogP contribution in [0.2, 0.25) is 0 Å². The molecule has 0 saturated heterocycles. The van der Waals surface area contributed by atoms with E-state index in [2.05, 4.69) is 99.0 Å². The lowest BCUT2D eigenvalue weighted by Crippen LogP contribution is -2.42. The van der Waals surface area contributed by atoms with E-state index in [1.807, 2.05) is 6.07 Å². The summed E-state index contributed by atoms with van der Waals surface area (Å²) in [4.78, 5) is 9.89. The van der Waals surface area contributed by atoms with Crippen molar-refractivity contribution in [3.63, 3.8) is 0 Å². The molecule has 4 heteroatoms. The van der Waals surface area contributed by atoms with E-state index in [-0.39, 0.29) is 6.17 Å². The quantitative estimate of drug-likeness (QED) is 0.264. The fraction of sp³-hybridized carbons (Fsp3) is 0.258. The van der Waals surface area contributed by atoms with Crippen LogP contribution < -0.4 is 9.80 Å². The fourth-order valence-corrected chi connectivity index (χ4v) is 6.30. The Bertz CT molecular complexity index is 1660. The Morgan fingerprint density at radius 2 is 1.74 bits per heavy atom. The highest BCUT2D eigenvalue weighted by Crippen LogP contribution is 2.52. The Labute approximate surface area is 205 Å². The van der Waals surface area contributed by atoms with Gasteiger partial charge in [0.2, 0.25) is 0 Å². The maximum Gasteiger partial charge on any atom is 0.159 e. The molecule has 2 aliphatic rings. The molecular weight excluding hydrogens is 430 g/mol. The third-order valence-corrected chi connectivity index (χ3v) is 7.80. The molecule has 0 amide bonds. The molecule has 35 heavy (non-hydrogen) atoms. The molecule has 1 aliphatic carbocycles. The third kappa shape index (κ3) is 2.77. The van der Waals surface area contributed by atoms with Gasteiger partial charge in [-0.05, 0) is 75.6 Å². The maximum absolute atomic E-state index is 6.53. The van der Waals surface area contributed by atoms with Gasteiger partial charge in [-0.25, -0.2) is 0 Å². The average Bonchev–Trinajstić information content (AvgIpc) is 3.46. The summed E-state index contributed by atoms with van der Waals surface area (Å²) < 4.78 is 6.53. The minimum Gasteiger partial charge on any atom is -0.454 e. The summed E-state index contributed by atoms with van der Waals surface area (Å²) in [5.74, 6) is 0. The predicted octanol–water partition coefficient (Wildman–Crippen LogP) is 7.88. The first-order valence-electron chi connectivity index (χ1n) is 12.5. The maximum atomic E-state index is 6.53. The first-order valence-corrected chi connectivity index (χ1v) is 12.5. The van der Waals surface area contributed by atoms with Crippen molar-refractivity contribution in [2.75, 3.05) is 9.80 Å². The summed E-state index contributed by atoms with van der Waals surface area (Å²) in [7, 11) is 0. The number of anilines is 3. The first-order chi connectivity index (χ1) is 16.9. The number of aromatic nitrogens is 1.